The summed E-state index contributed by atoms with van der Waals surface area (Å²) in [6.45, 7) is 2.26. The Morgan fingerprint density at radius 2 is 2.00 bits per heavy atom. The summed E-state index contributed by atoms with van der Waals surface area (Å²) in [7, 11) is -3.39. The molecule has 0 saturated heterocycles. The molecular formula is C13H21NO3S2. The summed E-state index contributed by atoms with van der Waals surface area (Å²) < 4.78 is 27.6. The van der Waals surface area contributed by atoms with E-state index in [1.807, 2.05) is 0 Å². The van der Waals surface area contributed by atoms with E-state index in [-0.39, 0.29) is 12.6 Å². The van der Waals surface area contributed by atoms with Gasteiger partial charge in [0, 0.05) is 23.9 Å². The number of rotatable bonds is 5. The van der Waals surface area contributed by atoms with E-state index in [2.05, 4.69) is 11.6 Å². The molecule has 2 rings (SSSR count). The molecule has 1 saturated carbocycles. The second-order valence-electron chi connectivity index (χ2n) is 5.27. The summed E-state index contributed by atoms with van der Waals surface area (Å²) in [4.78, 5) is 0.903. The highest BCUT2D eigenvalue weighted by atomic mass is 32.2. The van der Waals surface area contributed by atoms with Crippen molar-refractivity contribution in [2.45, 2.75) is 49.3 Å². The molecule has 1 heterocycles. The number of thiophene rings is 1. The molecule has 0 unspecified atom stereocenters. The van der Waals surface area contributed by atoms with Crippen LogP contribution in [0.15, 0.2) is 16.3 Å². The SMILES string of the molecule is CC1CCC(NS(=O)(=O)c2ccc(CCO)s2)CC1. The van der Waals surface area contributed by atoms with E-state index >= 15 is 0 Å². The number of hydrogen-bond donors (Lipinski definition) is 2. The summed E-state index contributed by atoms with van der Waals surface area (Å²) in [6.07, 6.45) is 4.55. The topological polar surface area (TPSA) is 66.4 Å². The van der Waals surface area contributed by atoms with Crippen LogP contribution >= 0.6 is 11.3 Å². The van der Waals surface area contributed by atoms with Gasteiger partial charge in [0.15, 0.2) is 0 Å². The standard InChI is InChI=1S/C13H21NO3S2/c1-10-2-4-11(5-3-10)14-19(16,17)13-7-6-12(18-13)8-9-15/h6-7,10-11,14-15H,2-5,8-9H2,1H3. The van der Waals surface area contributed by atoms with E-state index in [1.54, 1.807) is 12.1 Å². The van der Waals surface area contributed by atoms with Gasteiger partial charge in [-0.2, -0.15) is 0 Å². The Hall–Kier alpha value is -0.430. The number of sulfonamides is 1. The molecule has 0 spiro atoms. The Balaban J connectivity index is 2.01. The third-order valence-electron chi connectivity index (χ3n) is 3.60. The highest BCUT2D eigenvalue weighted by Crippen LogP contribution is 2.26. The lowest BCUT2D eigenvalue weighted by molar-refractivity contribution is 0.300. The lowest BCUT2D eigenvalue weighted by Gasteiger charge is -2.26. The average molecular weight is 303 g/mol. The second-order valence-corrected chi connectivity index (χ2v) is 8.38. The van der Waals surface area contributed by atoms with Crippen molar-refractivity contribution >= 4 is 21.4 Å². The minimum absolute atomic E-state index is 0.0495. The first-order chi connectivity index (χ1) is 9.01. The predicted molar refractivity (Wildman–Crippen MR) is 76.9 cm³/mol. The Labute approximate surface area is 118 Å². The lowest BCUT2D eigenvalue weighted by Crippen LogP contribution is -2.36. The van der Waals surface area contributed by atoms with E-state index in [4.69, 9.17) is 5.11 Å². The molecular weight excluding hydrogens is 282 g/mol. The first-order valence-electron chi connectivity index (χ1n) is 6.73. The highest BCUT2D eigenvalue weighted by Gasteiger charge is 2.25. The van der Waals surface area contributed by atoms with Crippen LogP contribution in [0.4, 0.5) is 0 Å². The van der Waals surface area contributed by atoms with Crippen molar-refractivity contribution in [1.29, 1.82) is 0 Å². The molecule has 1 fully saturated rings. The molecule has 0 amide bonds. The molecule has 0 bridgehead atoms. The summed E-state index contributed by atoms with van der Waals surface area (Å²) in [5.41, 5.74) is 0. The zero-order valence-electron chi connectivity index (χ0n) is 11.1. The first-order valence-corrected chi connectivity index (χ1v) is 9.03. The molecule has 6 heteroatoms. The van der Waals surface area contributed by atoms with E-state index < -0.39 is 10.0 Å². The molecule has 1 aliphatic rings. The van der Waals surface area contributed by atoms with Crippen molar-refractivity contribution in [3.8, 4) is 0 Å². The van der Waals surface area contributed by atoms with Crippen molar-refractivity contribution in [2.75, 3.05) is 6.61 Å². The maximum Gasteiger partial charge on any atom is 0.250 e. The predicted octanol–water partition coefficient (Wildman–Crippen LogP) is 2.14. The van der Waals surface area contributed by atoms with Crippen LogP contribution in [-0.2, 0) is 16.4 Å². The van der Waals surface area contributed by atoms with Crippen molar-refractivity contribution in [3.63, 3.8) is 0 Å². The van der Waals surface area contributed by atoms with Crippen LogP contribution in [0.3, 0.4) is 0 Å². The van der Waals surface area contributed by atoms with Crippen molar-refractivity contribution in [2.24, 2.45) is 5.92 Å². The smallest absolute Gasteiger partial charge is 0.250 e. The molecule has 4 nitrogen and oxygen atoms in total. The molecule has 19 heavy (non-hydrogen) atoms. The molecule has 0 radical (unpaired) electrons. The van der Waals surface area contributed by atoms with Gasteiger partial charge in [-0.05, 0) is 43.7 Å². The normalized spacial score (nSPS) is 24.5. The summed E-state index contributed by atoms with van der Waals surface area (Å²) >= 11 is 1.24. The number of hydrogen-bond acceptors (Lipinski definition) is 4. The van der Waals surface area contributed by atoms with Crippen LogP contribution in [0, 0.1) is 5.92 Å². The number of aliphatic hydroxyl groups excluding tert-OH is 1. The molecule has 0 aliphatic heterocycles. The number of nitrogens with one attached hydrogen (secondary N) is 1. The van der Waals surface area contributed by atoms with E-state index in [0.717, 1.165) is 30.6 Å². The van der Waals surface area contributed by atoms with Crippen molar-refractivity contribution in [1.82, 2.24) is 4.72 Å². The fourth-order valence-electron chi connectivity index (χ4n) is 2.40. The summed E-state index contributed by atoms with van der Waals surface area (Å²) in [5.74, 6) is 0.707. The van der Waals surface area contributed by atoms with Crippen LogP contribution in [-0.4, -0.2) is 26.2 Å². The number of aliphatic hydroxyl groups is 1. The molecule has 1 aromatic heterocycles. The van der Waals surface area contributed by atoms with Gasteiger partial charge in [0.1, 0.15) is 4.21 Å². The van der Waals surface area contributed by atoms with E-state index in [0.29, 0.717) is 16.5 Å². The first kappa shape index (κ1) is 15.0. The molecule has 0 aromatic carbocycles. The Bertz CT molecular complexity index is 502. The summed E-state index contributed by atoms with van der Waals surface area (Å²) in [6, 6.07) is 3.48. The quantitative estimate of drug-likeness (QED) is 0.876. The third-order valence-corrected chi connectivity index (χ3v) is 6.76. The van der Waals surface area contributed by atoms with Gasteiger partial charge in [0.05, 0.1) is 0 Å². The van der Waals surface area contributed by atoms with Crippen LogP contribution in [0.25, 0.3) is 0 Å². The van der Waals surface area contributed by atoms with Gasteiger partial charge in [-0.15, -0.1) is 11.3 Å². The average Bonchev–Trinajstić information content (AvgIpc) is 2.82. The maximum atomic E-state index is 12.2. The largest absolute Gasteiger partial charge is 0.396 e. The molecule has 2 N–H and O–H groups in total. The molecule has 1 aliphatic carbocycles. The summed E-state index contributed by atoms with van der Waals surface area (Å²) in [5, 5.41) is 8.86. The fraction of sp³-hybridized carbons (Fsp3) is 0.692. The van der Waals surface area contributed by atoms with Gasteiger partial charge in [0.2, 0.25) is 10.0 Å². The molecule has 0 atom stereocenters. The Morgan fingerprint density at radius 1 is 1.32 bits per heavy atom. The van der Waals surface area contributed by atoms with Gasteiger partial charge in [-0.25, -0.2) is 13.1 Å². The fourth-order valence-corrected chi connectivity index (χ4v) is 5.07. The van der Waals surface area contributed by atoms with E-state index in [1.165, 1.54) is 11.3 Å². The van der Waals surface area contributed by atoms with E-state index in [9.17, 15) is 8.42 Å². The Morgan fingerprint density at radius 3 is 2.63 bits per heavy atom. The van der Waals surface area contributed by atoms with Gasteiger partial charge in [-0.3, -0.25) is 0 Å². The Kier molecular flexibility index (Phi) is 5.00. The monoisotopic (exact) mass is 303 g/mol. The maximum absolute atomic E-state index is 12.2. The highest BCUT2D eigenvalue weighted by molar-refractivity contribution is 7.91. The van der Waals surface area contributed by atoms with Gasteiger partial charge >= 0.3 is 0 Å². The second kappa shape index (κ2) is 6.35. The van der Waals surface area contributed by atoms with Gasteiger partial charge in [-0.1, -0.05) is 6.92 Å². The van der Waals surface area contributed by atoms with Gasteiger partial charge < -0.3 is 5.11 Å². The zero-order valence-corrected chi connectivity index (χ0v) is 12.8. The van der Waals surface area contributed by atoms with Crippen LogP contribution in [0.1, 0.15) is 37.5 Å². The third kappa shape index (κ3) is 4.02. The molecule has 108 valence electrons. The minimum atomic E-state index is -3.39. The van der Waals surface area contributed by atoms with Crippen LogP contribution < -0.4 is 4.72 Å². The minimum Gasteiger partial charge on any atom is -0.396 e. The lowest BCUT2D eigenvalue weighted by atomic mass is 9.88. The van der Waals surface area contributed by atoms with Crippen LogP contribution in [0.5, 0.6) is 0 Å². The zero-order chi connectivity index (χ0) is 13.9. The van der Waals surface area contributed by atoms with Crippen molar-refractivity contribution < 1.29 is 13.5 Å². The van der Waals surface area contributed by atoms with Crippen LogP contribution in [0.2, 0.25) is 0 Å². The van der Waals surface area contributed by atoms with Gasteiger partial charge in [0.25, 0.3) is 0 Å². The molecule has 1 aromatic rings. The van der Waals surface area contributed by atoms with Crippen molar-refractivity contribution in [3.05, 3.63) is 17.0 Å².